The molecule has 33 heavy (non-hydrogen) atoms. The summed E-state index contributed by atoms with van der Waals surface area (Å²) in [6.45, 7) is 3.09. The summed E-state index contributed by atoms with van der Waals surface area (Å²) in [5.41, 5.74) is 11.0. The number of carbonyl (C=O) groups excluding carboxylic acids is 2. The van der Waals surface area contributed by atoms with Crippen molar-refractivity contribution in [3.8, 4) is 0 Å². The van der Waals surface area contributed by atoms with Crippen LogP contribution >= 0.6 is 0 Å². The molecule has 11 nitrogen and oxygen atoms in total. The highest BCUT2D eigenvalue weighted by atomic mass is 16.5. The predicted octanol–water partition coefficient (Wildman–Crippen LogP) is 0.444. The minimum absolute atomic E-state index is 0.0162. The van der Waals surface area contributed by atoms with Gasteiger partial charge in [-0.2, -0.15) is 0 Å². The molecule has 0 saturated carbocycles. The second kappa shape index (κ2) is 14.5. The molecule has 11 heteroatoms. The van der Waals surface area contributed by atoms with Crippen LogP contribution in [0.1, 0.15) is 58.8 Å². The lowest BCUT2D eigenvalue weighted by atomic mass is 9.76. The molecule has 0 saturated heterocycles. The Hall–Kier alpha value is -2.66. The highest BCUT2D eigenvalue weighted by molar-refractivity contribution is 5.87. The van der Waals surface area contributed by atoms with Gasteiger partial charge in [0.2, 0.25) is 5.91 Å². The van der Waals surface area contributed by atoms with E-state index in [0.29, 0.717) is 6.42 Å². The van der Waals surface area contributed by atoms with Gasteiger partial charge in [0.05, 0.1) is 18.2 Å². The molecule has 0 aliphatic heterocycles. The van der Waals surface area contributed by atoms with Crippen molar-refractivity contribution in [2.24, 2.45) is 22.4 Å². The molecule has 0 bridgehead atoms. The van der Waals surface area contributed by atoms with Crippen LogP contribution in [0.5, 0.6) is 0 Å². The van der Waals surface area contributed by atoms with E-state index in [1.807, 2.05) is 0 Å². The number of ether oxygens (including phenoxy) is 2. The Kier molecular flexibility index (Phi) is 12.5. The predicted molar refractivity (Wildman–Crippen MR) is 122 cm³/mol. The number of aliphatic hydroxyl groups is 1. The van der Waals surface area contributed by atoms with Crippen molar-refractivity contribution in [1.82, 2.24) is 5.32 Å². The summed E-state index contributed by atoms with van der Waals surface area (Å²) in [4.78, 5) is 39.6. The van der Waals surface area contributed by atoms with Gasteiger partial charge in [0.15, 0.2) is 5.96 Å². The third-order valence-corrected chi connectivity index (χ3v) is 5.57. The fraction of sp³-hybridized carbons (Fsp3) is 0.727. The zero-order chi connectivity index (χ0) is 25.0. The lowest BCUT2D eigenvalue weighted by Crippen LogP contribution is -2.56. The zero-order valence-corrected chi connectivity index (χ0v) is 19.7. The van der Waals surface area contributed by atoms with Crippen LogP contribution in [0.3, 0.4) is 0 Å². The number of rotatable bonds is 14. The Morgan fingerprint density at radius 2 is 1.91 bits per heavy atom. The van der Waals surface area contributed by atoms with Crippen LogP contribution in [0.4, 0.5) is 0 Å². The van der Waals surface area contributed by atoms with Crippen LogP contribution < -0.4 is 16.8 Å². The Bertz CT molecular complexity index is 722. The van der Waals surface area contributed by atoms with Crippen molar-refractivity contribution < 1.29 is 34.1 Å². The van der Waals surface area contributed by atoms with E-state index >= 15 is 0 Å². The topological polar surface area (TPSA) is 187 Å². The first kappa shape index (κ1) is 28.4. The molecular weight excluding hydrogens is 432 g/mol. The lowest BCUT2D eigenvalue weighted by molar-refractivity contribution is -0.151. The van der Waals surface area contributed by atoms with Gasteiger partial charge in [0.1, 0.15) is 12.7 Å². The number of aliphatic imine (C=N–C) groups is 1. The summed E-state index contributed by atoms with van der Waals surface area (Å²) >= 11 is 0. The molecule has 0 unspecified atom stereocenters. The number of unbranched alkanes of at least 4 members (excludes halogenated alkanes) is 4. The van der Waals surface area contributed by atoms with E-state index in [4.69, 9.17) is 20.9 Å². The lowest BCUT2D eigenvalue weighted by Gasteiger charge is -2.40. The molecule has 5 atom stereocenters. The molecule has 0 aromatic carbocycles. The molecule has 0 radical (unpaired) electrons. The Labute approximate surface area is 194 Å². The Morgan fingerprint density at radius 1 is 1.24 bits per heavy atom. The molecule has 188 valence electrons. The monoisotopic (exact) mass is 470 g/mol. The number of methoxy groups -OCH3 is 1. The van der Waals surface area contributed by atoms with Crippen molar-refractivity contribution in [2.45, 2.75) is 83.1 Å². The number of guanidine groups is 1. The van der Waals surface area contributed by atoms with Gasteiger partial charge in [-0.05, 0) is 18.9 Å². The third kappa shape index (κ3) is 9.79. The van der Waals surface area contributed by atoms with Gasteiger partial charge in [-0.3, -0.25) is 9.59 Å². The molecule has 0 aromatic rings. The number of nitrogens with one attached hydrogen (secondary N) is 1. The van der Waals surface area contributed by atoms with Crippen molar-refractivity contribution in [2.75, 3.05) is 13.7 Å². The molecule has 7 N–H and O–H groups in total. The van der Waals surface area contributed by atoms with Crippen LogP contribution in [0, 0.1) is 5.92 Å². The quantitative estimate of drug-likeness (QED) is 0.104. The van der Waals surface area contributed by atoms with Gasteiger partial charge in [0, 0.05) is 31.9 Å². The zero-order valence-electron chi connectivity index (χ0n) is 19.7. The highest BCUT2D eigenvalue weighted by Crippen LogP contribution is 2.32. The number of nitrogens with zero attached hydrogens (tertiary/aromatic N) is 1. The maximum absolute atomic E-state index is 12.0. The maximum atomic E-state index is 12.0. The SMILES string of the molecule is CCCCCCCC(=O)OC[C@@H](O)[C@@H](OC)[C@@H]1CC(C(=O)O)=C[C@H](N=C(N)N)[C@H]1NC(C)=O. The molecule has 1 aliphatic rings. The van der Waals surface area contributed by atoms with Crippen molar-refractivity contribution in [1.29, 1.82) is 0 Å². The smallest absolute Gasteiger partial charge is 0.331 e. The van der Waals surface area contributed by atoms with Gasteiger partial charge >= 0.3 is 11.9 Å². The second-order valence-electron chi connectivity index (χ2n) is 8.25. The van der Waals surface area contributed by atoms with Crippen LogP contribution in [-0.2, 0) is 23.9 Å². The summed E-state index contributed by atoms with van der Waals surface area (Å²) in [6.07, 6.45) is 4.32. The first-order chi connectivity index (χ1) is 15.6. The summed E-state index contributed by atoms with van der Waals surface area (Å²) in [7, 11) is 1.35. The summed E-state index contributed by atoms with van der Waals surface area (Å²) in [5, 5.41) is 23.0. The van der Waals surface area contributed by atoms with E-state index < -0.39 is 42.1 Å². The molecule has 1 rings (SSSR count). The van der Waals surface area contributed by atoms with E-state index in [0.717, 1.165) is 25.7 Å². The molecule has 0 spiro atoms. The molecule has 0 fully saturated rings. The highest BCUT2D eigenvalue weighted by Gasteiger charge is 2.43. The fourth-order valence-corrected chi connectivity index (χ4v) is 4.04. The summed E-state index contributed by atoms with van der Waals surface area (Å²) in [6, 6.07) is -1.62. The average molecular weight is 471 g/mol. The van der Waals surface area contributed by atoms with Crippen molar-refractivity contribution >= 4 is 23.8 Å². The van der Waals surface area contributed by atoms with Crippen LogP contribution in [-0.4, -0.2) is 72.0 Å². The number of carboxylic acid groups (broad SMARTS) is 1. The summed E-state index contributed by atoms with van der Waals surface area (Å²) < 4.78 is 10.7. The van der Waals surface area contributed by atoms with Gasteiger partial charge in [-0.15, -0.1) is 0 Å². The van der Waals surface area contributed by atoms with E-state index in [1.54, 1.807) is 0 Å². The second-order valence-corrected chi connectivity index (χ2v) is 8.25. The molecular formula is C22H38N4O7. The number of carbonyl (C=O) groups is 3. The minimum atomic E-state index is -1.26. The number of esters is 1. The van der Waals surface area contributed by atoms with Crippen molar-refractivity contribution in [3.05, 3.63) is 11.6 Å². The third-order valence-electron chi connectivity index (χ3n) is 5.57. The number of amides is 1. The van der Waals surface area contributed by atoms with Crippen LogP contribution in [0.2, 0.25) is 0 Å². The minimum Gasteiger partial charge on any atom is -0.478 e. The van der Waals surface area contributed by atoms with E-state index in [9.17, 15) is 24.6 Å². The van der Waals surface area contributed by atoms with Crippen LogP contribution in [0.15, 0.2) is 16.6 Å². The van der Waals surface area contributed by atoms with E-state index in [-0.39, 0.29) is 36.9 Å². The van der Waals surface area contributed by atoms with Crippen LogP contribution in [0.25, 0.3) is 0 Å². The van der Waals surface area contributed by atoms with E-state index in [1.165, 1.54) is 20.1 Å². The van der Waals surface area contributed by atoms with Crippen molar-refractivity contribution in [3.63, 3.8) is 0 Å². The largest absolute Gasteiger partial charge is 0.478 e. The number of hydrogen-bond acceptors (Lipinski definition) is 7. The number of aliphatic hydroxyl groups excluding tert-OH is 1. The molecule has 0 aromatic heterocycles. The molecule has 1 aliphatic carbocycles. The van der Waals surface area contributed by atoms with E-state index in [2.05, 4.69) is 17.2 Å². The van der Waals surface area contributed by atoms with Gasteiger partial charge in [-0.1, -0.05) is 32.6 Å². The van der Waals surface area contributed by atoms with Gasteiger partial charge in [-0.25, -0.2) is 9.79 Å². The standard InChI is InChI=1S/C22H38N4O7/c1-4-5-6-7-8-9-18(29)33-12-17(28)20(32-3)15-10-14(21(30)31)11-16(26-22(23)24)19(15)25-13(2)27/h11,15-17,19-20,28H,4-10,12H2,1-3H3,(H,25,27)(H,30,31)(H4,23,24,26)/t15-,16+,17-,19+,20+/m1/s1. The first-order valence-electron chi connectivity index (χ1n) is 11.3. The van der Waals surface area contributed by atoms with Gasteiger partial charge < -0.3 is 36.5 Å². The average Bonchev–Trinajstić information content (AvgIpc) is 2.73. The number of carboxylic acids is 1. The number of nitrogens with two attached hydrogens (primary N) is 2. The molecule has 0 heterocycles. The normalized spacial score (nSPS) is 21.9. The fourth-order valence-electron chi connectivity index (χ4n) is 4.04. The number of aliphatic carboxylic acids is 1. The van der Waals surface area contributed by atoms with Gasteiger partial charge in [0.25, 0.3) is 0 Å². The Balaban J connectivity index is 2.94. The first-order valence-corrected chi connectivity index (χ1v) is 11.3. The Morgan fingerprint density at radius 3 is 2.45 bits per heavy atom. The maximum Gasteiger partial charge on any atom is 0.331 e. The number of hydrogen-bond donors (Lipinski definition) is 5. The molecule has 1 amide bonds. The summed E-state index contributed by atoms with van der Waals surface area (Å²) in [5.74, 6) is -2.96.